The maximum atomic E-state index is 8.89. The molecule has 19 heavy (non-hydrogen) atoms. The average molecular weight is 257 g/mol. The highest BCUT2D eigenvalue weighted by Gasteiger charge is 2.22. The van der Waals surface area contributed by atoms with E-state index in [1.54, 1.807) is 0 Å². The second kappa shape index (κ2) is 6.18. The van der Waals surface area contributed by atoms with E-state index in [9.17, 15) is 0 Å². The first-order valence-corrected chi connectivity index (χ1v) is 6.98. The Morgan fingerprint density at radius 1 is 1.47 bits per heavy atom. The molecule has 0 N–H and O–H groups in total. The van der Waals surface area contributed by atoms with Gasteiger partial charge in [-0.1, -0.05) is 6.07 Å². The zero-order valence-electron chi connectivity index (χ0n) is 12.2. The Morgan fingerprint density at radius 2 is 2.26 bits per heavy atom. The fourth-order valence-corrected chi connectivity index (χ4v) is 2.87. The van der Waals surface area contributed by atoms with Crippen LogP contribution in [-0.2, 0) is 6.54 Å². The van der Waals surface area contributed by atoms with Gasteiger partial charge in [-0.15, -0.1) is 0 Å². The van der Waals surface area contributed by atoms with E-state index in [0.717, 1.165) is 18.7 Å². The molecule has 3 nitrogen and oxygen atoms in total. The summed E-state index contributed by atoms with van der Waals surface area (Å²) in [5, 5.41) is 8.89. The summed E-state index contributed by atoms with van der Waals surface area (Å²) in [6, 6.07) is 8.87. The lowest BCUT2D eigenvalue weighted by Crippen LogP contribution is -2.36. The van der Waals surface area contributed by atoms with Crippen LogP contribution in [0.15, 0.2) is 18.2 Å². The summed E-state index contributed by atoms with van der Waals surface area (Å²) >= 11 is 0. The molecule has 1 atom stereocenters. The highest BCUT2D eigenvalue weighted by atomic mass is 15.2. The van der Waals surface area contributed by atoms with Crippen LogP contribution in [0.3, 0.4) is 0 Å². The molecule has 3 heteroatoms. The minimum Gasteiger partial charge on any atom is -0.302 e. The molecule has 0 saturated carbocycles. The van der Waals surface area contributed by atoms with Gasteiger partial charge in [0.05, 0.1) is 11.6 Å². The topological polar surface area (TPSA) is 30.3 Å². The smallest absolute Gasteiger partial charge is 0.0991 e. The molecular formula is C16H23N3. The molecule has 1 fully saturated rings. The Kier molecular flexibility index (Phi) is 4.57. The van der Waals surface area contributed by atoms with Crippen molar-refractivity contribution in [3.05, 3.63) is 34.9 Å². The van der Waals surface area contributed by atoms with E-state index in [4.69, 9.17) is 5.26 Å². The predicted molar refractivity (Wildman–Crippen MR) is 77.9 cm³/mol. The normalized spacial score (nSPS) is 19.8. The molecule has 0 bridgehead atoms. The first-order chi connectivity index (χ1) is 9.10. The molecule has 0 aromatic heterocycles. The Balaban J connectivity index is 1.95. The maximum Gasteiger partial charge on any atom is 0.0991 e. The van der Waals surface area contributed by atoms with Crippen molar-refractivity contribution < 1.29 is 0 Å². The van der Waals surface area contributed by atoms with Gasteiger partial charge >= 0.3 is 0 Å². The van der Waals surface area contributed by atoms with Crippen molar-refractivity contribution in [2.75, 3.05) is 27.2 Å². The summed E-state index contributed by atoms with van der Waals surface area (Å²) < 4.78 is 0. The Labute approximate surface area is 116 Å². The van der Waals surface area contributed by atoms with Gasteiger partial charge in [-0.25, -0.2) is 0 Å². The average Bonchev–Trinajstić information content (AvgIpc) is 2.77. The molecule has 1 unspecified atom stereocenters. The second-order valence-corrected chi connectivity index (χ2v) is 5.73. The second-order valence-electron chi connectivity index (χ2n) is 5.73. The van der Waals surface area contributed by atoms with Crippen LogP contribution in [0.2, 0.25) is 0 Å². The standard InChI is InChI=1S/C16H23N3/c1-13-9-14(10-17)6-7-15(13)11-18(2)12-16-5-4-8-19(16)3/h6-7,9,16H,4-5,8,11-12H2,1-3H3. The van der Waals surface area contributed by atoms with E-state index in [1.807, 2.05) is 12.1 Å². The number of nitrogens with zero attached hydrogens (tertiary/aromatic N) is 3. The molecule has 102 valence electrons. The number of aryl methyl sites for hydroxylation is 1. The van der Waals surface area contributed by atoms with Crippen LogP contribution in [0.4, 0.5) is 0 Å². The molecule has 0 amide bonds. The molecule has 0 spiro atoms. The Bertz CT molecular complexity index is 475. The summed E-state index contributed by atoms with van der Waals surface area (Å²) in [4.78, 5) is 4.85. The lowest BCUT2D eigenvalue weighted by molar-refractivity contribution is 0.215. The van der Waals surface area contributed by atoms with E-state index in [-0.39, 0.29) is 0 Å². The molecular weight excluding hydrogens is 234 g/mol. The number of hydrogen-bond acceptors (Lipinski definition) is 3. The molecule has 1 aromatic carbocycles. The highest BCUT2D eigenvalue weighted by Crippen LogP contribution is 2.17. The van der Waals surface area contributed by atoms with E-state index in [1.165, 1.54) is 30.5 Å². The van der Waals surface area contributed by atoms with Crippen LogP contribution in [0.1, 0.15) is 29.5 Å². The number of likely N-dealkylation sites (N-methyl/N-ethyl adjacent to an activating group) is 2. The van der Waals surface area contributed by atoms with Crippen molar-refractivity contribution in [2.45, 2.75) is 32.4 Å². The van der Waals surface area contributed by atoms with Gasteiger partial charge < -0.3 is 9.80 Å². The third-order valence-electron chi connectivity index (χ3n) is 4.11. The van der Waals surface area contributed by atoms with Crippen molar-refractivity contribution in [3.8, 4) is 6.07 Å². The fraction of sp³-hybridized carbons (Fsp3) is 0.562. The number of hydrogen-bond donors (Lipinski definition) is 0. The van der Waals surface area contributed by atoms with Gasteiger partial charge in [0, 0.05) is 19.1 Å². The Morgan fingerprint density at radius 3 is 2.84 bits per heavy atom. The van der Waals surface area contributed by atoms with Crippen molar-refractivity contribution in [3.63, 3.8) is 0 Å². The Hall–Kier alpha value is -1.37. The molecule has 0 radical (unpaired) electrons. The van der Waals surface area contributed by atoms with Gasteiger partial charge in [-0.2, -0.15) is 5.26 Å². The minimum atomic E-state index is 0.698. The van der Waals surface area contributed by atoms with Crippen LogP contribution >= 0.6 is 0 Å². The van der Waals surface area contributed by atoms with E-state index in [2.05, 4.69) is 43.0 Å². The first kappa shape index (κ1) is 14.0. The SMILES string of the molecule is Cc1cc(C#N)ccc1CN(C)CC1CCCN1C. The molecule has 1 aliphatic rings. The monoisotopic (exact) mass is 257 g/mol. The van der Waals surface area contributed by atoms with Crippen LogP contribution < -0.4 is 0 Å². The summed E-state index contributed by atoms with van der Waals surface area (Å²) in [7, 11) is 4.41. The summed E-state index contributed by atoms with van der Waals surface area (Å²) in [5.41, 5.74) is 3.28. The third kappa shape index (κ3) is 3.56. The van der Waals surface area contributed by atoms with Crippen LogP contribution in [0, 0.1) is 18.3 Å². The highest BCUT2D eigenvalue weighted by molar-refractivity contribution is 5.37. The molecule has 0 aliphatic carbocycles. The fourth-order valence-electron chi connectivity index (χ4n) is 2.87. The number of nitriles is 1. The first-order valence-electron chi connectivity index (χ1n) is 6.98. The number of likely N-dealkylation sites (tertiary alicyclic amines) is 1. The summed E-state index contributed by atoms with van der Waals surface area (Å²) in [5.74, 6) is 0. The van der Waals surface area contributed by atoms with Crippen LogP contribution in [0.5, 0.6) is 0 Å². The number of benzene rings is 1. The number of rotatable bonds is 4. The lowest BCUT2D eigenvalue weighted by atomic mass is 10.0. The molecule has 1 saturated heterocycles. The summed E-state index contributed by atoms with van der Waals surface area (Å²) in [6.07, 6.45) is 2.64. The van der Waals surface area contributed by atoms with Gasteiger partial charge in [-0.05, 0) is 63.7 Å². The van der Waals surface area contributed by atoms with Crippen molar-refractivity contribution >= 4 is 0 Å². The molecule has 1 heterocycles. The quantitative estimate of drug-likeness (QED) is 0.829. The van der Waals surface area contributed by atoms with Gasteiger partial charge in [0.2, 0.25) is 0 Å². The van der Waals surface area contributed by atoms with E-state index in [0.29, 0.717) is 6.04 Å². The van der Waals surface area contributed by atoms with Crippen molar-refractivity contribution in [2.24, 2.45) is 0 Å². The molecule has 1 aromatic rings. The predicted octanol–water partition coefficient (Wildman–Crippen LogP) is 2.39. The lowest BCUT2D eigenvalue weighted by Gasteiger charge is -2.26. The minimum absolute atomic E-state index is 0.698. The third-order valence-corrected chi connectivity index (χ3v) is 4.11. The van der Waals surface area contributed by atoms with Gasteiger partial charge in [0.25, 0.3) is 0 Å². The molecule has 2 rings (SSSR count). The zero-order chi connectivity index (χ0) is 13.8. The van der Waals surface area contributed by atoms with Crippen molar-refractivity contribution in [1.29, 1.82) is 5.26 Å². The van der Waals surface area contributed by atoms with E-state index < -0.39 is 0 Å². The van der Waals surface area contributed by atoms with Gasteiger partial charge in [-0.3, -0.25) is 0 Å². The van der Waals surface area contributed by atoms with Crippen LogP contribution in [0.25, 0.3) is 0 Å². The zero-order valence-corrected chi connectivity index (χ0v) is 12.2. The summed E-state index contributed by atoms with van der Waals surface area (Å²) in [6.45, 7) is 5.40. The largest absolute Gasteiger partial charge is 0.302 e. The molecule has 1 aliphatic heterocycles. The van der Waals surface area contributed by atoms with Crippen molar-refractivity contribution in [1.82, 2.24) is 9.80 Å². The van der Waals surface area contributed by atoms with Gasteiger partial charge in [0.15, 0.2) is 0 Å². The van der Waals surface area contributed by atoms with E-state index >= 15 is 0 Å². The maximum absolute atomic E-state index is 8.89. The van der Waals surface area contributed by atoms with Crippen LogP contribution in [-0.4, -0.2) is 43.0 Å². The van der Waals surface area contributed by atoms with Gasteiger partial charge in [0.1, 0.15) is 0 Å².